The Morgan fingerprint density at radius 2 is 1.54 bits per heavy atom. The molecule has 0 fully saturated rings. The van der Waals surface area contributed by atoms with Crippen molar-refractivity contribution in [3.05, 3.63) is 77.6 Å². The largest absolute Gasteiger partial charge is 0.233 e. The molecule has 4 rings (SSSR count). The van der Waals surface area contributed by atoms with Gasteiger partial charge in [-0.05, 0) is 38.0 Å². The highest BCUT2D eigenvalue weighted by Crippen LogP contribution is 2.36. The van der Waals surface area contributed by atoms with Gasteiger partial charge in [-0.25, -0.2) is 9.50 Å². The first-order valence-corrected chi connectivity index (χ1v) is 8.13. The molecule has 0 bridgehead atoms. The maximum absolute atomic E-state index is 4.90. The van der Waals surface area contributed by atoms with Crippen LogP contribution in [0.2, 0.25) is 0 Å². The Kier molecular flexibility index (Phi) is 3.42. The fraction of sp³-hybridized carbons (Fsp3) is 0.143. The normalized spacial score (nSPS) is 11.1. The summed E-state index contributed by atoms with van der Waals surface area (Å²) in [5.41, 5.74) is 8.62. The van der Waals surface area contributed by atoms with Gasteiger partial charge in [0.05, 0.1) is 5.56 Å². The van der Waals surface area contributed by atoms with Gasteiger partial charge in [-0.2, -0.15) is 5.10 Å². The van der Waals surface area contributed by atoms with Gasteiger partial charge in [0.2, 0.25) is 0 Å². The molecule has 2 heterocycles. The molecule has 0 radical (unpaired) electrons. The lowest BCUT2D eigenvalue weighted by molar-refractivity contribution is 0.889. The van der Waals surface area contributed by atoms with E-state index in [4.69, 9.17) is 10.1 Å². The van der Waals surface area contributed by atoms with Crippen LogP contribution in [0.4, 0.5) is 0 Å². The van der Waals surface area contributed by atoms with Crippen molar-refractivity contribution in [2.75, 3.05) is 0 Å². The third-order valence-electron chi connectivity index (χ3n) is 4.36. The van der Waals surface area contributed by atoms with Crippen LogP contribution >= 0.6 is 0 Å². The zero-order chi connectivity index (χ0) is 16.7. The molecule has 118 valence electrons. The van der Waals surface area contributed by atoms with Gasteiger partial charge in [0.25, 0.3) is 0 Å². The molecule has 3 heteroatoms. The van der Waals surface area contributed by atoms with Crippen LogP contribution < -0.4 is 0 Å². The van der Waals surface area contributed by atoms with Crippen molar-refractivity contribution in [2.24, 2.45) is 0 Å². The number of nitrogens with zero attached hydrogens (tertiary/aromatic N) is 3. The van der Waals surface area contributed by atoms with E-state index in [2.05, 4.69) is 56.3 Å². The molecule has 0 aliphatic carbocycles. The van der Waals surface area contributed by atoms with E-state index in [1.165, 1.54) is 11.1 Å². The predicted octanol–water partition coefficient (Wildman–Crippen LogP) is 4.99. The van der Waals surface area contributed by atoms with E-state index in [-0.39, 0.29) is 0 Å². The third-order valence-corrected chi connectivity index (χ3v) is 4.36. The fourth-order valence-electron chi connectivity index (χ4n) is 3.22. The molecular formula is C21H19N3. The maximum atomic E-state index is 4.90. The number of benzene rings is 2. The number of rotatable bonds is 2. The lowest BCUT2D eigenvalue weighted by atomic mass is 9.97. The molecule has 0 unspecified atom stereocenters. The summed E-state index contributed by atoms with van der Waals surface area (Å²) < 4.78 is 1.96. The van der Waals surface area contributed by atoms with Crippen LogP contribution in [0, 0.1) is 20.8 Å². The second-order valence-corrected chi connectivity index (χ2v) is 6.18. The number of fused-ring (bicyclic) bond motifs is 1. The molecule has 0 aliphatic heterocycles. The summed E-state index contributed by atoms with van der Waals surface area (Å²) in [5, 5.41) is 4.90. The van der Waals surface area contributed by atoms with Gasteiger partial charge in [0.15, 0.2) is 5.65 Å². The number of aryl methyl sites for hydroxylation is 3. The first kappa shape index (κ1) is 14.6. The first-order valence-electron chi connectivity index (χ1n) is 8.13. The molecular weight excluding hydrogens is 294 g/mol. The summed E-state index contributed by atoms with van der Waals surface area (Å²) >= 11 is 0. The van der Waals surface area contributed by atoms with Gasteiger partial charge in [-0.3, -0.25) is 0 Å². The Labute approximate surface area is 141 Å². The van der Waals surface area contributed by atoms with Gasteiger partial charge in [0.1, 0.15) is 5.69 Å². The summed E-state index contributed by atoms with van der Waals surface area (Å²) in [6.07, 6.45) is 0. The Morgan fingerprint density at radius 1 is 0.833 bits per heavy atom. The van der Waals surface area contributed by atoms with Gasteiger partial charge >= 0.3 is 0 Å². The fourth-order valence-corrected chi connectivity index (χ4v) is 3.22. The van der Waals surface area contributed by atoms with Crippen molar-refractivity contribution in [1.29, 1.82) is 0 Å². The number of hydrogen-bond donors (Lipinski definition) is 0. The molecule has 0 aliphatic rings. The predicted molar refractivity (Wildman–Crippen MR) is 98.1 cm³/mol. The zero-order valence-electron chi connectivity index (χ0n) is 14.1. The minimum absolute atomic E-state index is 0.917. The number of aromatic nitrogens is 3. The van der Waals surface area contributed by atoms with Gasteiger partial charge in [-0.15, -0.1) is 0 Å². The first-order chi connectivity index (χ1) is 11.6. The zero-order valence-corrected chi connectivity index (χ0v) is 14.1. The second-order valence-electron chi connectivity index (χ2n) is 6.18. The second kappa shape index (κ2) is 5.60. The number of hydrogen-bond acceptors (Lipinski definition) is 2. The maximum Gasteiger partial charge on any atom is 0.164 e. The molecule has 0 saturated carbocycles. The summed E-state index contributed by atoms with van der Waals surface area (Å²) in [7, 11) is 0. The van der Waals surface area contributed by atoms with Gasteiger partial charge in [-0.1, -0.05) is 54.6 Å². The highest BCUT2D eigenvalue weighted by atomic mass is 15.3. The molecule has 0 atom stereocenters. The SMILES string of the molecule is Cc1cc(C)n2nc(-c3ccccc3)c(-c3ccccc3C)c2n1. The molecule has 0 saturated heterocycles. The van der Waals surface area contributed by atoms with Crippen molar-refractivity contribution in [1.82, 2.24) is 14.6 Å². The van der Waals surface area contributed by atoms with Gasteiger partial charge < -0.3 is 0 Å². The van der Waals surface area contributed by atoms with E-state index >= 15 is 0 Å². The van der Waals surface area contributed by atoms with E-state index in [9.17, 15) is 0 Å². The van der Waals surface area contributed by atoms with E-state index in [1.54, 1.807) is 0 Å². The topological polar surface area (TPSA) is 30.2 Å². The third kappa shape index (κ3) is 2.29. The van der Waals surface area contributed by atoms with Crippen LogP contribution in [0.3, 0.4) is 0 Å². The average Bonchev–Trinajstić information content (AvgIpc) is 2.96. The molecule has 2 aromatic heterocycles. The van der Waals surface area contributed by atoms with Crippen molar-refractivity contribution >= 4 is 5.65 Å². The molecule has 0 N–H and O–H groups in total. The smallest absolute Gasteiger partial charge is 0.164 e. The highest BCUT2D eigenvalue weighted by Gasteiger charge is 2.19. The molecule has 0 spiro atoms. The van der Waals surface area contributed by atoms with E-state index < -0.39 is 0 Å². The van der Waals surface area contributed by atoms with Crippen LogP contribution in [0.15, 0.2) is 60.7 Å². The van der Waals surface area contributed by atoms with Crippen LogP contribution in [-0.2, 0) is 0 Å². The van der Waals surface area contributed by atoms with Crippen LogP contribution in [0.25, 0.3) is 28.0 Å². The van der Waals surface area contributed by atoms with E-state index in [0.717, 1.165) is 33.9 Å². The minimum atomic E-state index is 0.917. The Bertz CT molecular complexity index is 1030. The summed E-state index contributed by atoms with van der Waals surface area (Å²) in [6, 6.07) is 20.8. The molecule has 3 nitrogen and oxygen atoms in total. The summed E-state index contributed by atoms with van der Waals surface area (Å²) in [5.74, 6) is 0. The molecule has 0 amide bonds. The molecule has 24 heavy (non-hydrogen) atoms. The molecule has 4 aromatic rings. The van der Waals surface area contributed by atoms with Crippen LogP contribution in [0.1, 0.15) is 17.0 Å². The Morgan fingerprint density at radius 3 is 2.29 bits per heavy atom. The lowest BCUT2D eigenvalue weighted by Crippen LogP contribution is -1.97. The summed E-state index contributed by atoms with van der Waals surface area (Å²) in [4.78, 5) is 4.80. The average molecular weight is 313 g/mol. The van der Waals surface area contributed by atoms with Crippen molar-refractivity contribution < 1.29 is 0 Å². The standard InChI is InChI=1S/C21H19N3/c1-14-9-7-8-12-18(14)19-20(17-10-5-4-6-11-17)23-24-16(3)13-15(2)22-21(19)24/h4-13H,1-3H3. The van der Waals surface area contributed by atoms with Gasteiger partial charge in [0, 0.05) is 17.0 Å². The minimum Gasteiger partial charge on any atom is -0.233 e. The van der Waals surface area contributed by atoms with Crippen molar-refractivity contribution in [3.63, 3.8) is 0 Å². The van der Waals surface area contributed by atoms with Crippen molar-refractivity contribution in [3.8, 4) is 22.4 Å². The lowest BCUT2D eigenvalue weighted by Gasteiger charge is -2.07. The van der Waals surface area contributed by atoms with E-state index in [1.807, 2.05) is 29.6 Å². The molecule has 2 aromatic carbocycles. The van der Waals surface area contributed by atoms with Crippen LogP contribution in [-0.4, -0.2) is 14.6 Å². The monoisotopic (exact) mass is 313 g/mol. The quantitative estimate of drug-likeness (QED) is 0.522. The van der Waals surface area contributed by atoms with Crippen molar-refractivity contribution in [2.45, 2.75) is 20.8 Å². The van der Waals surface area contributed by atoms with Crippen LogP contribution in [0.5, 0.6) is 0 Å². The summed E-state index contributed by atoms with van der Waals surface area (Å²) in [6.45, 7) is 6.24. The highest BCUT2D eigenvalue weighted by molar-refractivity contribution is 5.91. The van der Waals surface area contributed by atoms with E-state index in [0.29, 0.717) is 0 Å². The Hall–Kier alpha value is -2.94. The Balaban J connectivity index is 2.14.